The van der Waals surface area contributed by atoms with E-state index in [2.05, 4.69) is 5.32 Å². The van der Waals surface area contributed by atoms with Crippen LogP contribution >= 0.6 is 0 Å². The van der Waals surface area contributed by atoms with Gasteiger partial charge < -0.3 is 9.47 Å². The molecule has 1 heterocycles. The molecule has 1 N–H and O–H groups in total. The zero-order chi connectivity index (χ0) is 20.3. The van der Waals surface area contributed by atoms with Crippen LogP contribution in [0, 0.1) is 5.82 Å². The highest BCUT2D eigenvalue weighted by atomic mass is 19.1. The number of nitrogens with zero attached hydrogens (tertiary/aromatic N) is 1. The maximum Gasteiger partial charge on any atom is 0.336 e. The summed E-state index contributed by atoms with van der Waals surface area (Å²) < 4.78 is 24.8. The molecule has 0 aromatic heterocycles. The van der Waals surface area contributed by atoms with E-state index in [0.29, 0.717) is 28.6 Å². The number of methoxy groups -OCH3 is 1. The molecule has 0 unspecified atom stereocenters. The number of ether oxygens (including phenoxy) is 2. The highest BCUT2D eigenvalue weighted by Crippen LogP contribution is 2.30. The van der Waals surface area contributed by atoms with Gasteiger partial charge in [-0.1, -0.05) is 18.2 Å². The molecule has 2 aromatic rings. The van der Waals surface area contributed by atoms with Gasteiger partial charge in [0.05, 0.1) is 19.4 Å². The second-order valence-corrected chi connectivity index (χ2v) is 5.75. The summed E-state index contributed by atoms with van der Waals surface area (Å²) in [5, 5.41) is 2.05. The van der Waals surface area contributed by atoms with E-state index in [0.717, 1.165) is 6.07 Å². The van der Waals surface area contributed by atoms with Gasteiger partial charge in [-0.05, 0) is 42.8 Å². The molecular weight excluding hydrogens is 367 g/mol. The highest BCUT2D eigenvalue weighted by Gasteiger charge is 2.37. The van der Waals surface area contributed by atoms with Crippen molar-refractivity contribution in [3.63, 3.8) is 0 Å². The molecule has 0 radical (unpaired) electrons. The zero-order valence-corrected chi connectivity index (χ0v) is 15.2. The van der Waals surface area contributed by atoms with Crippen molar-refractivity contribution in [1.82, 2.24) is 5.32 Å². The first-order valence-corrected chi connectivity index (χ1v) is 8.43. The number of nitrogens with one attached hydrogen (secondary N) is 1. The number of rotatable bonds is 5. The Hall–Kier alpha value is -3.68. The van der Waals surface area contributed by atoms with Gasteiger partial charge in [0.25, 0.3) is 11.8 Å². The van der Waals surface area contributed by atoms with Crippen molar-refractivity contribution in [3.05, 3.63) is 59.4 Å². The molecule has 2 aromatic carbocycles. The quantitative estimate of drug-likeness (QED) is 0.633. The van der Waals surface area contributed by atoms with Gasteiger partial charge in [0, 0.05) is 0 Å². The molecule has 4 amide bonds. The lowest BCUT2D eigenvalue weighted by molar-refractivity contribution is -0.122. The van der Waals surface area contributed by atoms with Gasteiger partial charge in [0.15, 0.2) is 11.5 Å². The first-order chi connectivity index (χ1) is 13.5. The Balaban J connectivity index is 2.01. The molecule has 1 fully saturated rings. The van der Waals surface area contributed by atoms with Crippen molar-refractivity contribution in [2.75, 3.05) is 18.6 Å². The molecule has 1 aliphatic rings. The lowest BCUT2D eigenvalue weighted by atomic mass is 10.1. The topological polar surface area (TPSA) is 84.9 Å². The van der Waals surface area contributed by atoms with E-state index in [1.165, 1.54) is 31.4 Å². The van der Waals surface area contributed by atoms with Crippen molar-refractivity contribution < 1.29 is 28.2 Å². The first-order valence-electron chi connectivity index (χ1n) is 8.43. The number of halogens is 1. The second-order valence-electron chi connectivity index (χ2n) is 5.75. The molecule has 0 bridgehead atoms. The largest absolute Gasteiger partial charge is 0.493 e. The van der Waals surface area contributed by atoms with Crippen LogP contribution in [0.5, 0.6) is 11.5 Å². The summed E-state index contributed by atoms with van der Waals surface area (Å²) in [4.78, 5) is 37.7. The predicted octanol–water partition coefficient (Wildman–Crippen LogP) is 2.90. The Labute approximate surface area is 160 Å². The van der Waals surface area contributed by atoms with E-state index in [1.807, 2.05) is 6.92 Å². The molecule has 1 saturated heterocycles. The summed E-state index contributed by atoms with van der Waals surface area (Å²) in [5.41, 5.74) is -0.0802. The molecule has 0 saturated carbocycles. The monoisotopic (exact) mass is 384 g/mol. The van der Waals surface area contributed by atoms with Crippen molar-refractivity contribution in [3.8, 4) is 11.5 Å². The van der Waals surface area contributed by atoms with Crippen LogP contribution < -0.4 is 19.7 Å². The smallest absolute Gasteiger partial charge is 0.336 e. The average Bonchev–Trinajstić information content (AvgIpc) is 2.67. The van der Waals surface area contributed by atoms with Gasteiger partial charge in [-0.3, -0.25) is 14.9 Å². The number of imide groups is 2. The number of barbiturate groups is 1. The van der Waals surface area contributed by atoms with E-state index in [4.69, 9.17) is 9.47 Å². The van der Waals surface area contributed by atoms with Gasteiger partial charge in [-0.2, -0.15) is 0 Å². The minimum atomic E-state index is -1.01. The molecule has 28 heavy (non-hydrogen) atoms. The molecule has 144 valence electrons. The molecule has 8 heteroatoms. The highest BCUT2D eigenvalue weighted by molar-refractivity contribution is 6.39. The first kappa shape index (κ1) is 19.1. The number of para-hydroxylation sites is 1. The summed E-state index contributed by atoms with van der Waals surface area (Å²) in [6, 6.07) is 9.15. The Morgan fingerprint density at radius 3 is 2.54 bits per heavy atom. The Morgan fingerprint density at radius 2 is 1.86 bits per heavy atom. The third kappa shape index (κ3) is 3.57. The minimum absolute atomic E-state index is 0.243. The van der Waals surface area contributed by atoms with Crippen LogP contribution in [-0.2, 0) is 9.59 Å². The van der Waals surface area contributed by atoms with E-state index >= 15 is 0 Å². The summed E-state index contributed by atoms with van der Waals surface area (Å²) in [7, 11) is 1.46. The zero-order valence-electron chi connectivity index (χ0n) is 15.2. The van der Waals surface area contributed by atoms with Crippen LogP contribution in [-0.4, -0.2) is 31.6 Å². The van der Waals surface area contributed by atoms with Crippen LogP contribution in [0.15, 0.2) is 48.0 Å². The third-order valence-electron chi connectivity index (χ3n) is 3.99. The number of hydrogen-bond acceptors (Lipinski definition) is 5. The summed E-state index contributed by atoms with van der Waals surface area (Å²) in [6.45, 7) is 2.27. The molecular formula is C20H17FN2O5. The van der Waals surface area contributed by atoms with Crippen molar-refractivity contribution in [1.29, 1.82) is 0 Å². The fourth-order valence-corrected chi connectivity index (χ4v) is 2.72. The Morgan fingerprint density at radius 1 is 1.11 bits per heavy atom. The van der Waals surface area contributed by atoms with Gasteiger partial charge in [0.2, 0.25) is 0 Å². The predicted molar refractivity (Wildman–Crippen MR) is 99.6 cm³/mol. The molecule has 1 aliphatic heterocycles. The molecule has 3 rings (SSSR count). The van der Waals surface area contributed by atoms with Crippen molar-refractivity contribution in [2.24, 2.45) is 0 Å². The average molecular weight is 384 g/mol. The number of hydrogen-bond donors (Lipinski definition) is 1. The minimum Gasteiger partial charge on any atom is -0.493 e. The number of anilines is 1. The van der Waals surface area contributed by atoms with Crippen molar-refractivity contribution in [2.45, 2.75) is 6.92 Å². The van der Waals surface area contributed by atoms with Gasteiger partial charge >= 0.3 is 6.03 Å². The van der Waals surface area contributed by atoms with E-state index in [-0.39, 0.29) is 11.3 Å². The lowest BCUT2D eigenvalue weighted by Gasteiger charge is -2.26. The van der Waals surface area contributed by atoms with Crippen LogP contribution in [0.3, 0.4) is 0 Å². The fourth-order valence-electron chi connectivity index (χ4n) is 2.72. The third-order valence-corrected chi connectivity index (χ3v) is 3.99. The second kappa shape index (κ2) is 7.91. The van der Waals surface area contributed by atoms with Crippen LogP contribution in [0.1, 0.15) is 12.5 Å². The number of benzene rings is 2. The maximum atomic E-state index is 14.1. The van der Waals surface area contributed by atoms with Gasteiger partial charge in [-0.15, -0.1) is 0 Å². The van der Waals surface area contributed by atoms with Crippen molar-refractivity contribution >= 4 is 29.6 Å². The Bertz CT molecular complexity index is 986. The summed E-state index contributed by atoms with van der Waals surface area (Å²) in [6.07, 6.45) is 1.30. The Kier molecular flexibility index (Phi) is 5.39. The number of carbonyl (C=O) groups is 3. The SMILES string of the molecule is CCOc1ccc(/C=C2/C(=O)NC(=O)N(c3ccccc3F)C2=O)cc1OC. The van der Waals surface area contributed by atoms with Crippen LogP contribution in [0.4, 0.5) is 14.9 Å². The number of amides is 4. The van der Waals surface area contributed by atoms with E-state index in [9.17, 15) is 18.8 Å². The number of urea groups is 1. The lowest BCUT2D eigenvalue weighted by Crippen LogP contribution is -2.54. The fraction of sp³-hybridized carbons (Fsp3) is 0.150. The van der Waals surface area contributed by atoms with Crippen LogP contribution in [0.2, 0.25) is 0 Å². The molecule has 0 atom stereocenters. The normalized spacial score (nSPS) is 15.6. The van der Waals surface area contributed by atoms with Gasteiger partial charge in [-0.25, -0.2) is 14.1 Å². The van der Waals surface area contributed by atoms with Crippen LogP contribution in [0.25, 0.3) is 6.08 Å². The standard InChI is InChI=1S/C20H17FN2O5/c1-3-28-16-9-8-12(11-17(16)27-2)10-13-18(24)22-20(26)23(19(13)25)15-7-5-4-6-14(15)21/h4-11H,3H2,1-2H3,(H,22,24,26)/b13-10-. The van der Waals surface area contributed by atoms with Gasteiger partial charge in [0.1, 0.15) is 11.4 Å². The maximum absolute atomic E-state index is 14.1. The summed E-state index contributed by atoms with van der Waals surface area (Å²) >= 11 is 0. The molecule has 0 aliphatic carbocycles. The molecule has 7 nitrogen and oxygen atoms in total. The van der Waals surface area contributed by atoms with E-state index in [1.54, 1.807) is 18.2 Å². The van der Waals surface area contributed by atoms with E-state index < -0.39 is 23.7 Å². The molecule has 0 spiro atoms. The number of carbonyl (C=O) groups excluding carboxylic acids is 3. The summed E-state index contributed by atoms with van der Waals surface area (Å²) in [5.74, 6) is -1.62.